The van der Waals surface area contributed by atoms with E-state index >= 15 is 0 Å². The minimum absolute atomic E-state index is 0. The quantitative estimate of drug-likeness (QED) is 0.562. The Morgan fingerprint density at radius 1 is 1.42 bits per heavy atom. The first-order chi connectivity index (χ1) is 8.75. The number of hydrogen-bond acceptors (Lipinski definition) is 4. The Hall–Kier alpha value is -0.750. The fraction of sp³-hybridized carbons (Fsp3) is 0.462. The van der Waals surface area contributed by atoms with Crippen LogP contribution in [-0.4, -0.2) is 42.0 Å². The smallest absolute Gasteiger partial charge is 0.237 e. The Balaban J connectivity index is 0.00000180. The van der Waals surface area contributed by atoms with Crippen molar-refractivity contribution in [1.82, 2.24) is 10.6 Å². The van der Waals surface area contributed by atoms with Crippen molar-refractivity contribution in [3.63, 3.8) is 0 Å². The molecule has 1 aliphatic heterocycles. The molecule has 3 N–H and O–H groups in total. The van der Waals surface area contributed by atoms with Crippen LogP contribution in [0.3, 0.4) is 0 Å². The topological polar surface area (TPSA) is 61.4 Å². The number of β-amino-alcohol motifs (C(OH)–C–C–N with tert-alkyl or cyclic N) is 1. The van der Waals surface area contributed by atoms with Gasteiger partial charge in [-0.1, -0.05) is 18.2 Å². The normalized spacial score (nSPS) is 21.7. The zero-order chi connectivity index (χ0) is 12.8. The molecule has 4 nitrogen and oxygen atoms in total. The lowest BCUT2D eigenvalue weighted by Gasteiger charge is -2.10. The van der Waals surface area contributed by atoms with Crippen LogP contribution in [0.4, 0.5) is 0 Å². The molecule has 1 fully saturated rings. The van der Waals surface area contributed by atoms with E-state index in [-0.39, 0.29) is 30.5 Å². The van der Waals surface area contributed by atoms with Crippen LogP contribution in [0.2, 0.25) is 0 Å². The van der Waals surface area contributed by atoms with Gasteiger partial charge in [0.1, 0.15) is 0 Å². The number of aliphatic hydroxyl groups is 1. The fourth-order valence-electron chi connectivity index (χ4n) is 1.90. The standard InChI is InChI=1S/C13H18N2O2S.ClH/c16-10-8-12(15-9-10)13(17)14-6-7-18-11-4-2-1-3-5-11;/h1-5,10,12,15-16H,6-9H2,(H,14,17);1H. The summed E-state index contributed by atoms with van der Waals surface area (Å²) in [6.07, 6.45) is 0.122. The summed E-state index contributed by atoms with van der Waals surface area (Å²) in [7, 11) is 0. The van der Waals surface area contributed by atoms with Crippen LogP contribution in [0.1, 0.15) is 6.42 Å². The van der Waals surface area contributed by atoms with Crippen molar-refractivity contribution in [1.29, 1.82) is 0 Å². The maximum Gasteiger partial charge on any atom is 0.237 e. The number of carbonyl (C=O) groups is 1. The van der Waals surface area contributed by atoms with E-state index < -0.39 is 0 Å². The van der Waals surface area contributed by atoms with Crippen LogP contribution in [0.15, 0.2) is 35.2 Å². The van der Waals surface area contributed by atoms with Gasteiger partial charge in [-0.3, -0.25) is 4.79 Å². The molecule has 1 aliphatic rings. The van der Waals surface area contributed by atoms with E-state index in [0.29, 0.717) is 19.5 Å². The molecule has 2 unspecified atom stereocenters. The predicted molar refractivity (Wildman–Crippen MR) is 79.8 cm³/mol. The maximum absolute atomic E-state index is 11.7. The second-order valence-corrected chi connectivity index (χ2v) is 5.47. The number of carbonyl (C=O) groups excluding carboxylic acids is 1. The second-order valence-electron chi connectivity index (χ2n) is 4.30. The highest BCUT2D eigenvalue weighted by molar-refractivity contribution is 7.99. The molecule has 2 rings (SSSR count). The van der Waals surface area contributed by atoms with Crippen LogP contribution in [0.5, 0.6) is 0 Å². The third-order valence-electron chi connectivity index (χ3n) is 2.84. The lowest BCUT2D eigenvalue weighted by Crippen LogP contribution is -2.41. The molecule has 0 aliphatic carbocycles. The number of hydrogen-bond donors (Lipinski definition) is 3. The fourth-order valence-corrected chi connectivity index (χ4v) is 2.69. The van der Waals surface area contributed by atoms with E-state index in [1.54, 1.807) is 11.8 Å². The summed E-state index contributed by atoms with van der Waals surface area (Å²) < 4.78 is 0. The average Bonchev–Trinajstić information content (AvgIpc) is 2.82. The predicted octanol–water partition coefficient (Wildman–Crippen LogP) is 1.04. The van der Waals surface area contributed by atoms with Crippen LogP contribution < -0.4 is 10.6 Å². The third kappa shape index (κ3) is 5.40. The highest BCUT2D eigenvalue weighted by atomic mass is 35.5. The minimum atomic E-state index is -0.389. The Morgan fingerprint density at radius 2 is 2.16 bits per heavy atom. The van der Waals surface area contributed by atoms with Crippen LogP contribution in [-0.2, 0) is 4.79 Å². The van der Waals surface area contributed by atoms with Gasteiger partial charge in [-0.05, 0) is 18.6 Å². The highest BCUT2D eigenvalue weighted by Gasteiger charge is 2.27. The van der Waals surface area contributed by atoms with Crippen LogP contribution >= 0.6 is 24.2 Å². The average molecular weight is 303 g/mol. The van der Waals surface area contributed by atoms with Gasteiger partial charge in [0.2, 0.25) is 5.91 Å². The van der Waals surface area contributed by atoms with Crippen molar-refractivity contribution in [2.24, 2.45) is 0 Å². The SMILES string of the molecule is Cl.O=C(NCCSc1ccccc1)C1CC(O)CN1. The van der Waals surface area contributed by atoms with E-state index in [2.05, 4.69) is 22.8 Å². The van der Waals surface area contributed by atoms with Gasteiger partial charge in [0.05, 0.1) is 12.1 Å². The minimum Gasteiger partial charge on any atom is -0.392 e. The molecule has 0 bridgehead atoms. The zero-order valence-corrected chi connectivity index (χ0v) is 12.2. The molecule has 0 saturated carbocycles. The van der Waals surface area contributed by atoms with E-state index in [9.17, 15) is 9.90 Å². The molecule has 1 saturated heterocycles. The van der Waals surface area contributed by atoms with Crippen LogP contribution in [0.25, 0.3) is 0 Å². The molecule has 0 aromatic heterocycles. The molecule has 0 spiro atoms. The van der Waals surface area contributed by atoms with Gasteiger partial charge in [0.15, 0.2) is 0 Å². The summed E-state index contributed by atoms with van der Waals surface area (Å²) in [5, 5.41) is 15.2. The monoisotopic (exact) mass is 302 g/mol. The summed E-state index contributed by atoms with van der Waals surface area (Å²) in [5.74, 6) is 0.839. The molecule has 1 heterocycles. The number of nitrogens with one attached hydrogen (secondary N) is 2. The molecule has 1 aromatic carbocycles. The van der Waals surface area contributed by atoms with E-state index in [1.165, 1.54) is 4.90 Å². The molecule has 1 amide bonds. The zero-order valence-electron chi connectivity index (χ0n) is 10.5. The summed E-state index contributed by atoms with van der Waals surface area (Å²) in [6.45, 7) is 1.16. The van der Waals surface area contributed by atoms with Gasteiger partial charge in [-0.25, -0.2) is 0 Å². The lowest BCUT2D eigenvalue weighted by atomic mass is 10.2. The Kier molecular flexibility index (Phi) is 7.23. The molecular formula is C13H19ClN2O2S. The van der Waals surface area contributed by atoms with Gasteiger partial charge in [0.25, 0.3) is 0 Å². The highest BCUT2D eigenvalue weighted by Crippen LogP contribution is 2.15. The first-order valence-electron chi connectivity index (χ1n) is 6.13. The van der Waals surface area contributed by atoms with Crippen molar-refractivity contribution in [2.45, 2.75) is 23.5 Å². The molecular weight excluding hydrogens is 284 g/mol. The van der Waals surface area contributed by atoms with Crippen molar-refractivity contribution >= 4 is 30.1 Å². The molecule has 6 heteroatoms. The van der Waals surface area contributed by atoms with Gasteiger partial charge >= 0.3 is 0 Å². The number of aliphatic hydroxyl groups excluding tert-OH is 1. The molecule has 0 radical (unpaired) electrons. The first kappa shape index (κ1) is 16.3. The van der Waals surface area contributed by atoms with Crippen LogP contribution in [0, 0.1) is 0 Å². The largest absolute Gasteiger partial charge is 0.392 e. The number of benzene rings is 1. The third-order valence-corrected chi connectivity index (χ3v) is 3.85. The number of thioether (sulfide) groups is 1. The van der Waals surface area contributed by atoms with E-state index in [1.807, 2.05) is 18.2 Å². The van der Waals surface area contributed by atoms with Crippen molar-refractivity contribution in [3.8, 4) is 0 Å². The maximum atomic E-state index is 11.7. The number of amides is 1. The van der Waals surface area contributed by atoms with E-state index in [0.717, 1.165) is 5.75 Å². The number of halogens is 1. The number of rotatable bonds is 5. The summed E-state index contributed by atoms with van der Waals surface area (Å²) >= 11 is 1.72. The molecule has 106 valence electrons. The van der Waals surface area contributed by atoms with Crippen molar-refractivity contribution < 1.29 is 9.90 Å². The molecule has 19 heavy (non-hydrogen) atoms. The van der Waals surface area contributed by atoms with Gasteiger partial charge < -0.3 is 15.7 Å². The Labute approximate surface area is 123 Å². The van der Waals surface area contributed by atoms with Gasteiger partial charge in [-0.15, -0.1) is 24.2 Å². The van der Waals surface area contributed by atoms with Gasteiger partial charge in [0, 0.05) is 23.7 Å². The molecule has 1 aromatic rings. The molecule has 2 atom stereocenters. The Bertz CT molecular complexity index is 391. The van der Waals surface area contributed by atoms with Crippen molar-refractivity contribution in [3.05, 3.63) is 30.3 Å². The summed E-state index contributed by atoms with van der Waals surface area (Å²) in [4.78, 5) is 12.9. The second kappa shape index (κ2) is 8.43. The first-order valence-corrected chi connectivity index (χ1v) is 7.11. The lowest BCUT2D eigenvalue weighted by molar-refractivity contribution is -0.122. The van der Waals surface area contributed by atoms with Gasteiger partial charge in [-0.2, -0.15) is 0 Å². The summed E-state index contributed by atoms with van der Waals surface area (Å²) in [5.41, 5.74) is 0. The van der Waals surface area contributed by atoms with Crippen molar-refractivity contribution in [2.75, 3.05) is 18.8 Å². The summed E-state index contributed by atoms with van der Waals surface area (Å²) in [6, 6.07) is 9.88. The van der Waals surface area contributed by atoms with E-state index in [4.69, 9.17) is 0 Å². The Morgan fingerprint density at radius 3 is 2.79 bits per heavy atom.